The number of rotatable bonds is 10. The summed E-state index contributed by atoms with van der Waals surface area (Å²) in [5, 5.41) is 35.1. The molecule has 12 heteroatoms. The van der Waals surface area contributed by atoms with Crippen molar-refractivity contribution >= 4 is 29.2 Å². The van der Waals surface area contributed by atoms with Gasteiger partial charge in [-0.05, 0) is 47.5 Å². The molecule has 34 heavy (non-hydrogen) atoms. The van der Waals surface area contributed by atoms with Crippen LogP contribution in [-0.4, -0.2) is 34.2 Å². The maximum Gasteiger partial charge on any atom is 0.335 e. The van der Waals surface area contributed by atoms with Crippen LogP contribution in [0.1, 0.15) is 21.5 Å². The lowest BCUT2D eigenvalue weighted by Crippen LogP contribution is -2.01. The number of hydrazone groups is 1. The Balaban J connectivity index is 1.71. The van der Waals surface area contributed by atoms with Crippen molar-refractivity contribution in [3.05, 3.63) is 97.6 Å². The fourth-order valence-corrected chi connectivity index (χ4v) is 2.89. The molecular formula is C22H18N4O8. The molecule has 12 nitrogen and oxygen atoms in total. The van der Waals surface area contributed by atoms with Gasteiger partial charge in [-0.1, -0.05) is 12.1 Å². The van der Waals surface area contributed by atoms with Crippen molar-refractivity contribution in [3.8, 4) is 11.5 Å². The van der Waals surface area contributed by atoms with E-state index < -0.39 is 27.2 Å². The van der Waals surface area contributed by atoms with Gasteiger partial charge in [-0.3, -0.25) is 25.7 Å². The molecule has 3 aromatic rings. The van der Waals surface area contributed by atoms with Crippen LogP contribution >= 0.6 is 0 Å². The second-order valence-corrected chi connectivity index (χ2v) is 6.79. The maximum atomic E-state index is 11.2. The van der Waals surface area contributed by atoms with Crippen LogP contribution in [0.3, 0.4) is 0 Å². The SMILES string of the molecule is COc1cc(/C=N\Nc2ccc([N+](=O)[O-])cc2[N+](=O)[O-])ccc1OCc1cccc(C(=O)O)c1. The Morgan fingerprint density at radius 2 is 1.85 bits per heavy atom. The second-order valence-electron chi connectivity index (χ2n) is 6.79. The molecule has 174 valence electrons. The Kier molecular flexibility index (Phi) is 7.34. The largest absolute Gasteiger partial charge is 0.493 e. The minimum Gasteiger partial charge on any atom is -0.493 e. The molecule has 3 rings (SSSR count). The van der Waals surface area contributed by atoms with Crippen molar-refractivity contribution in [3.63, 3.8) is 0 Å². The zero-order valence-electron chi connectivity index (χ0n) is 17.7. The number of nitro groups is 2. The number of hydrogen-bond donors (Lipinski definition) is 2. The molecule has 0 saturated heterocycles. The first kappa shape index (κ1) is 23.7. The fourth-order valence-electron chi connectivity index (χ4n) is 2.89. The second kappa shape index (κ2) is 10.5. The van der Waals surface area contributed by atoms with E-state index in [1.54, 1.807) is 30.3 Å². The van der Waals surface area contributed by atoms with Gasteiger partial charge in [0, 0.05) is 6.07 Å². The minimum atomic E-state index is -1.03. The van der Waals surface area contributed by atoms with Crippen LogP contribution in [-0.2, 0) is 6.61 Å². The molecule has 0 radical (unpaired) electrons. The Morgan fingerprint density at radius 1 is 1.06 bits per heavy atom. The van der Waals surface area contributed by atoms with E-state index in [4.69, 9.17) is 14.6 Å². The third-order valence-corrected chi connectivity index (χ3v) is 4.54. The first-order chi connectivity index (χ1) is 16.3. The third-order valence-electron chi connectivity index (χ3n) is 4.54. The highest BCUT2D eigenvalue weighted by Crippen LogP contribution is 2.30. The molecule has 0 aliphatic carbocycles. The van der Waals surface area contributed by atoms with Gasteiger partial charge < -0.3 is 14.6 Å². The molecule has 3 aromatic carbocycles. The highest BCUT2D eigenvalue weighted by atomic mass is 16.6. The van der Waals surface area contributed by atoms with Crippen LogP contribution in [0.25, 0.3) is 0 Å². The van der Waals surface area contributed by atoms with Gasteiger partial charge in [0.1, 0.15) is 12.3 Å². The van der Waals surface area contributed by atoms with E-state index in [9.17, 15) is 25.0 Å². The Hall–Kier alpha value is -5.00. The predicted molar refractivity (Wildman–Crippen MR) is 122 cm³/mol. The summed E-state index contributed by atoms with van der Waals surface area (Å²) in [5.41, 5.74) is 3.00. The van der Waals surface area contributed by atoms with Gasteiger partial charge in [0.25, 0.3) is 5.69 Å². The molecule has 0 aromatic heterocycles. The number of carboxylic acid groups (broad SMARTS) is 1. The average molecular weight is 466 g/mol. The van der Waals surface area contributed by atoms with Crippen molar-refractivity contribution < 1.29 is 29.2 Å². The first-order valence-electron chi connectivity index (χ1n) is 9.63. The Morgan fingerprint density at radius 3 is 2.53 bits per heavy atom. The number of nitro benzene ring substituents is 2. The molecule has 0 atom stereocenters. The molecule has 0 heterocycles. The van der Waals surface area contributed by atoms with Gasteiger partial charge in [0.15, 0.2) is 11.5 Å². The van der Waals surface area contributed by atoms with Crippen LogP contribution in [0.15, 0.2) is 65.8 Å². The molecule has 0 amide bonds. The normalized spacial score (nSPS) is 10.6. The lowest BCUT2D eigenvalue weighted by atomic mass is 10.1. The number of benzene rings is 3. The summed E-state index contributed by atoms with van der Waals surface area (Å²) in [5.74, 6) is -0.227. The summed E-state index contributed by atoms with van der Waals surface area (Å²) in [4.78, 5) is 31.7. The van der Waals surface area contributed by atoms with Crippen LogP contribution < -0.4 is 14.9 Å². The molecular weight excluding hydrogens is 448 g/mol. The van der Waals surface area contributed by atoms with Gasteiger partial charge in [-0.25, -0.2) is 4.79 Å². The molecule has 0 fully saturated rings. The minimum absolute atomic E-state index is 0.0117. The van der Waals surface area contributed by atoms with Crippen LogP contribution in [0.2, 0.25) is 0 Å². The van der Waals surface area contributed by atoms with E-state index in [1.165, 1.54) is 31.5 Å². The Bertz CT molecular complexity index is 1280. The number of hydrogen-bond acceptors (Lipinski definition) is 9. The zero-order chi connectivity index (χ0) is 24.7. The highest BCUT2D eigenvalue weighted by Gasteiger charge is 2.19. The lowest BCUT2D eigenvalue weighted by Gasteiger charge is -2.11. The summed E-state index contributed by atoms with van der Waals surface area (Å²) >= 11 is 0. The fraction of sp³-hybridized carbons (Fsp3) is 0.0909. The summed E-state index contributed by atoms with van der Waals surface area (Å²) < 4.78 is 11.1. The van der Waals surface area contributed by atoms with Crippen molar-refractivity contribution in [2.45, 2.75) is 6.61 Å². The van der Waals surface area contributed by atoms with Gasteiger partial charge in [0.2, 0.25) is 0 Å². The van der Waals surface area contributed by atoms with Gasteiger partial charge in [-0.2, -0.15) is 5.10 Å². The molecule has 0 bridgehead atoms. The summed E-state index contributed by atoms with van der Waals surface area (Å²) in [7, 11) is 1.45. The number of non-ortho nitro benzene ring substituents is 1. The molecule has 0 spiro atoms. The van der Waals surface area contributed by atoms with Crippen LogP contribution in [0.4, 0.5) is 17.1 Å². The number of carbonyl (C=O) groups is 1. The summed E-state index contributed by atoms with van der Waals surface area (Å²) in [6.45, 7) is 0.121. The van der Waals surface area contributed by atoms with Gasteiger partial charge >= 0.3 is 11.7 Å². The monoisotopic (exact) mass is 466 g/mol. The summed E-state index contributed by atoms with van der Waals surface area (Å²) in [6.07, 6.45) is 1.38. The molecule has 0 aliphatic heterocycles. The van der Waals surface area contributed by atoms with E-state index >= 15 is 0 Å². The number of nitrogens with one attached hydrogen (secondary N) is 1. The number of ether oxygens (including phenoxy) is 2. The average Bonchev–Trinajstić information content (AvgIpc) is 2.83. The van der Waals surface area contributed by atoms with E-state index in [-0.39, 0.29) is 17.9 Å². The van der Waals surface area contributed by atoms with Crippen molar-refractivity contribution in [2.24, 2.45) is 5.10 Å². The highest BCUT2D eigenvalue weighted by molar-refractivity contribution is 5.87. The van der Waals surface area contributed by atoms with Crippen molar-refractivity contribution in [1.82, 2.24) is 0 Å². The summed E-state index contributed by atoms with van der Waals surface area (Å²) in [6, 6.07) is 14.5. The lowest BCUT2D eigenvalue weighted by molar-refractivity contribution is -0.393. The third kappa shape index (κ3) is 5.82. The van der Waals surface area contributed by atoms with Crippen molar-refractivity contribution in [2.75, 3.05) is 12.5 Å². The maximum absolute atomic E-state index is 11.2. The van der Waals surface area contributed by atoms with E-state index in [0.717, 1.165) is 12.1 Å². The molecule has 0 saturated carbocycles. The van der Waals surface area contributed by atoms with Crippen LogP contribution in [0.5, 0.6) is 11.5 Å². The topological polar surface area (TPSA) is 166 Å². The quantitative estimate of drug-likeness (QED) is 0.252. The van der Waals surface area contributed by atoms with E-state index in [2.05, 4.69) is 10.5 Å². The van der Waals surface area contributed by atoms with E-state index in [0.29, 0.717) is 22.6 Å². The van der Waals surface area contributed by atoms with Gasteiger partial charge in [-0.15, -0.1) is 0 Å². The Labute approximate surface area is 192 Å². The smallest absolute Gasteiger partial charge is 0.335 e. The molecule has 0 aliphatic rings. The predicted octanol–water partition coefficient (Wildman–Crippen LogP) is 4.23. The number of nitrogens with zero attached hydrogens (tertiary/aromatic N) is 3. The number of methoxy groups -OCH3 is 1. The first-order valence-corrected chi connectivity index (χ1v) is 9.63. The number of anilines is 1. The van der Waals surface area contributed by atoms with Crippen molar-refractivity contribution in [1.29, 1.82) is 0 Å². The number of carboxylic acids is 1. The standard InChI is InChI=1S/C22H18N4O8/c1-33-21-10-14(5-8-20(21)34-13-15-3-2-4-16(9-15)22(27)28)12-23-24-18-7-6-17(25(29)30)11-19(18)26(31)32/h2-12,24H,13H2,1H3,(H,27,28)/b23-12-. The zero-order valence-corrected chi connectivity index (χ0v) is 17.7. The number of aromatic carboxylic acids is 1. The molecule has 0 unspecified atom stereocenters. The van der Waals surface area contributed by atoms with E-state index in [1.807, 2.05) is 0 Å². The molecule has 2 N–H and O–H groups in total. The van der Waals surface area contributed by atoms with Crippen LogP contribution in [0, 0.1) is 20.2 Å². The van der Waals surface area contributed by atoms with Gasteiger partial charge in [0.05, 0.1) is 34.8 Å².